The third-order valence-electron chi connectivity index (χ3n) is 5.09. The van der Waals surface area contributed by atoms with Gasteiger partial charge in [0.15, 0.2) is 5.13 Å². The summed E-state index contributed by atoms with van der Waals surface area (Å²) in [4.78, 5) is 49.8. The Morgan fingerprint density at radius 3 is 2.87 bits per heavy atom. The third-order valence-corrected chi connectivity index (χ3v) is 6.95. The van der Waals surface area contributed by atoms with E-state index in [0.717, 1.165) is 10.6 Å². The van der Waals surface area contributed by atoms with Crippen LogP contribution >= 0.6 is 22.7 Å². The molecule has 156 valence electrons. The van der Waals surface area contributed by atoms with Crippen molar-refractivity contribution in [1.29, 1.82) is 0 Å². The molecule has 0 atom stereocenters. The Bertz CT molecular complexity index is 1340. The highest BCUT2D eigenvalue weighted by Crippen LogP contribution is 2.29. The van der Waals surface area contributed by atoms with Crippen LogP contribution in [0.5, 0.6) is 0 Å². The minimum absolute atomic E-state index is 0.0627. The first-order chi connectivity index (χ1) is 15.1. The van der Waals surface area contributed by atoms with E-state index in [1.54, 1.807) is 29.2 Å². The number of anilines is 1. The molecule has 0 aliphatic carbocycles. The smallest absolute Gasteiger partial charge is 0.267 e. The number of fused-ring (bicyclic) bond motifs is 2. The second-order valence-corrected chi connectivity index (χ2v) is 9.11. The van der Waals surface area contributed by atoms with Gasteiger partial charge in [-0.2, -0.15) is 0 Å². The Morgan fingerprint density at radius 1 is 1.16 bits per heavy atom. The number of hydrogen-bond donors (Lipinski definition) is 1. The molecule has 1 aliphatic heterocycles. The first-order valence-corrected chi connectivity index (χ1v) is 11.3. The van der Waals surface area contributed by atoms with Crippen LogP contribution in [0, 0.1) is 0 Å². The molecule has 1 aliphatic rings. The van der Waals surface area contributed by atoms with Crippen molar-refractivity contribution in [2.75, 3.05) is 11.9 Å². The zero-order valence-electron chi connectivity index (χ0n) is 16.3. The average molecular weight is 452 g/mol. The second-order valence-electron chi connectivity index (χ2n) is 7.08. The molecule has 31 heavy (non-hydrogen) atoms. The number of carbonyl (C=O) groups excluding carboxylic acids is 2. The number of nitrogens with zero attached hydrogens (tertiary/aromatic N) is 4. The van der Waals surface area contributed by atoms with Crippen molar-refractivity contribution in [1.82, 2.24) is 19.4 Å². The fraction of sp³-hybridized carbons (Fsp3) is 0.190. The van der Waals surface area contributed by atoms with Gasteiger partial charge in [0.25, 0.3) is 11.5 Å². The minimum atomic E-state index is -0.229. The molecule has 1 N–H and O–H groups in total. The standard InChI is InChI=1S/C21H17N5O3S2/c27-18(11-26-12-22-14-5-2-1-4-13(14)20(26)29)25-8-7-15-17(10-25)31-21(23-15)24-19(28)16-6-3-9-30-16/h1-6,9,12H,7-8,10-11H2,(H,23,24,28). The van der Waals surface area contributed by atoms with Crippen molar-refractivity contribution in [3.8, 4) is 0 Å². The van der Waals surface area contributed by atoms with Crippen LogP contribution in [0.2, 0.25) is 0 Å². The van der Waals surface area contributed by atoms with Gasteiger partial charge in [-0.15, -0.1) is 11.3 Å². The van der Waals surface area contributed by atoms with Crippen molar-refractivity contribution < 1.29 is 9.59 Å². The van der Waals surface area contributed by atoms with Crippen molar-refractivity contribution >= 4 is 50.5 Å². The highest BCUT2D eigenvalue weighted by molar-refractivity contribution is 7.16. The Labute approximate surface area is 184 Å². The molecule has 0 bridgehead atoms. The molecular weight excluding hydrogens is 434 g/mol. The summed E-state index contributed by atoms with van der Waals surface area (Å²) in [6, 6.07) is 10.7. The summed E-state index contributed by atoms with van der Waals surface area (Å²) >= 11 is 2.75. The van der Waals surface area contributed by atoms with Crippen LogP contribution in [0.1, 0.15) is 20.2 Å². The molecule has 8 nitrogen and oxygen atoms in total. The van der Waals surface area contributed by atoms with Gasteiger partial charge in [-0.25, -0.2) is 9.97 Å². The third kappa shape index (κ3) is 3.87. The maximum absolute atomic E-state index is 12.9. The normalized spacial score (nSPS) is 13.2. The topological polar surface area (TPSA) is 97.2 Å². The molecule has 0 unspecified atom stereocenters. The predicted molar refractivity (Wildman–Crippen MR) is 120 cm³/mol. The van der Waals surface area contributed by atoms with Crippen LogP contribution in [0.15, 0.2) is 52.9 Å². The summed E-state index contributed by atoms with van der Waals surface area (Å²) in [5.41, 5.74) is 1.29. The van der Waals surface area contributed by atoms with Crippen molar-refractivity contribution in [3.63, 3.8) is 0 Å². The Balaban J connectivity index is 1.29. The van der Waals surface area contributed by atoms with E-state index in [1.807, 2.05) is 17.5 Å². The Morgan fingerprint density at radius 2 is 2.03 bits per heavy atom. The molecule has 10 heteroatoms. The van der Waals surface area contributed by atoms with Gasteiger partial charge in [0, 0.05) is 17.8 Å². The summed E-state index contributed by atoms with van der Waals surface area (Å²) in [6.07, 6.45) is 2.03. The van der Waals surface area contributed by atoms with Crippen LogP contribution in [0.25, 0.3) is 10.9 Å². The molecular formula is C21H17N5O3S2. The number of carbonyl (C=O) groups is 2. The predicted octanol–water partition coefficient (Wildman–Crippen LogP) is 2.75. The van der Waals surface area contributed by atoms with E-state index in [2.05, 4.69) is 15.3 Å². The van der Waals surface area contributed by atoms with Crippen molar-refractivity contribution in [3.05, 3.63) is 73.9 Å². The maximum atomic E-state index is 12.9. The zero-order chi connectivity index (χ0) is 21.4. The molecule has 4 heterocycles. The van der Waals surface area contributed by atoms with E-state index in [4.69, 9.17) is 0 Å². The van der Waals surface area contributed by atoms with Gasteiger partial charge in [-0.05, 0) is 23.6 Å². The molecule has 0 fully saturated rings. The number of rotatable bonds is 4. The number of para-hydroxylation sites is 1. The lowest BCUT2D eigenvalue weighted by Crippen LogP contribution is -2.39. The molecule has 1 aromatic carbocycles. The molecule has 0 saturated heterocycles. The summed E-state index contributed by atoms with van der Waals surface area (Å²) in [5, 5.41) is 5.71. The Kier molecular flexibility index (Phi) is 5.08. The van der Waals surface area contributed by atoms with Crippen molar-refractivity contribution in [2.24, 2.45) is 0 Å². The highest BCUT2D eigenvalue weighted by atomic mass is 32.1. The van der Waals surface area contributed by atoms with Gasteiger partial charge < -0.3 is 4.90 Å². The monoisotopic (exact) mass is 451 g/mol. The van der Waals surface area contributed by atoms with E-state index in [1.165, 1.54) is 33.6 Å². The number of amides is 2. The van der Waals surface area contributed by atoms with Crippen LogP contribution in [0.4, 0.5) is 5.13 Å². The molecule has 2 amide bonds. The van der Waals surface area contributed by atoms with E-state index in [-0.39, 0.29) is 23.9 Å². The first kappa shape index (κ1) is 19.6. The molecule has 0 radical (unpaired) electrons. The van der Waals surface area contributed by atoms with E-state index < -0.39 is 0 Å². The lowest BCUT2D eigenvalue weighted by Gasteiger charge is -2.26. The summed E-state index contributed by atoms with van der Waals surface area (Å²) in [6.45, 7) is 0.868. The lowest BCUT2D eigenvalue weighted by molar-refractivity contribution is -0.132. The van der Waals surface area contributed by atoms with Crippen molar-refractivity contribution in [2.45, 2.75) is 19.5 Å². The van der Waals surface area contributed by atoms with E-state index >= 15 is 0 Å². The zero-order valence-corrected chi connectivity index (χ0v) is 17.9. The van der Waals surface area contributed by atoms with E-state index in [0.29, 0.717) is 40.4 Å². The minimum Gasteiger partial charge on any atom is -0.336 e. The number of hydrogen-bond acceptors (Lipinski definition) is 7. The summed E-state index contributed by atoms with van der Waals surface area (Å²) < 4.78 is 1.35. The van der Waals surface area contributed by atoms with Crippen LogP contribution in [-0.2, 0) is 24.3 Å². The van der Waals surface area contributed by atoms with Crippen LogP contribution in [0.3, 0.4) is 0 Å². The molecule has 0 saturated carbocycles. The van der Waals surface area contributed by atoms with Gasteiger partial charge >= 0.3 is 0 Å². The quantitative estimate of drug-likeness (QED) is 0.515. The summed E-state index contributed by atoms with van der Waals surface area (Å²) in [5.74, 6) is -0.334. The molecule has 3 aromatic heterocycles. The number of benzene rings is 1. The number of nitrogens with one attached hydrogen (secondary N) is 1. The average Bonchev–Trinajstić information content (AvgIpc) is 3.45. The lowest BCUT2D eigenvalue weighted by atomic mass is 10.2. The van der Waals surface area contributed by atoms with Gasteiger partial charge in [0.05, 0.1) is 34.3 Å². The fourth-order valence-electron chi connectivity index (χ4n) is 3.49. The molecule has 5 rings (SSSR count). The number of thiophene rings is 1. The number of aromatic nitrogens is 3. The largest absolute Gasteiger partial charge is 0.336 e. The summed E-state index contributed by atoms with van der Waals surface area (Å²) in [7, 11) is 0. The van der Waals surface area contributed by atoms with Crippen LogP contribution in [-0.4, -0.2) is 37.8 Å². The van der Waals surface area contributed by atoms with Gasteiger partial charge in [-0.1, -0.05) is 29.5 Å². The number of thiazole rings is 1. The van der Waals surface area contributed by atoms with Gasteiger partial charge in [-0.3, -0.25) is 24.3 Å². The molecule has 0 spiro atoms. The fourth-order valence-corrected chi connectivity index (χ4v) is 5.13. The Hall–Kier alpha value is -3.37. The maximum Gasteiger partial charge on any atom is 0.267 e. The van der Waals surface area contributed by atoms with Gasteiger partial charge in [0.1, 0.15) is 6.54 Å². The SMILES string of the molecule is O=C(Nc1nc2c(s1)CN(C(=O)Cn1cnc3ccccc3c1=O)CC2)c1cccs1. The van der Waals surface area contributed by atoms with Gasteiger partial charge in [0.2, 0.25) is 5.91 Å². The highest BCUT2D eigenvalue weighted by Gasteiger charge is 2.25. The van der Waals surface area contributed by atoms with Crippen LogP contribution < -0.4 is 10.9 Å². The second kappa shape index (κ2) is 8.05. The molecule has 4 aromatic rings. The van der Waals surface area contributed by atoms with E-state index in [9.17, 15) is 14.4 Å². The first-order valence-electron chi connectivity index (χ1n) is 9.64.